The summed E-state index contributed by atoms with van der Waals surface area (Å²) >= 11 is 0. The molecule has 0 aliphatic rings. The molecule has 0 spiro atoms. The van der Waals surface area contributed by atoms with Gasteiger partial charge in [0.05, 0.1) is 32.5 Å². The number of imidazole rings is 1. The molecule has 5 aromatic rings. The molecule has 2 aromatic carbocycles. The average Bonchev–Trinajstić information content (AvgIpc) is 3.28. The molecule has 0 unspecified atom stereocenters. The van der Waals surface area contributed by atoms with Crippen LogP contribution >= 0.6 is 0 Å². The maximum absolute atomic E-state index is 12.9. The van der Waals surface area contributed by atoms with Crippen LogP contribution in [-0.4, -0.2) is 36.0 Å². The summed E-state index contributed by atoms with van der Waals surface area (Å²) < 4.78 is 1.85. The first-order chi connectivity index (χ1) is 14.9. The molecular formula is C20H17N7O4. The van der Waals surface area contributed by atoms with Crippen LogP contribution in [-0.2, 0) is 6.54 Å². The van der Waals surface area contributed by atoms with Crippen LogP contribution in [0.3, 0.4) is 0 Å². The summed E-state index contributed by atoms with van der Waals surface area (Å²) in [7, 11) is 0. The zero-order chi connectivity index (χ0) is 21.7. The Morgan fingerprint density at radius 2 is 1.84 bits per heavy atom. The molecule has 0 atom stereocenters. The number of nitro groups is 1. The Kier molecular flexibility index (Phi) is 4.19. The number of nitrogens with zero attached hydrogens (tertiary/aromatic N) is 3. The molecule has 3 heterocycles. The molecular weight excluding hydrogens is 402 g/mol. The zero-order valence-electron chi connectivity index (χ0n) is 16.1. The lowest BCUT2D eigenvalue weighted by molar-refractivity contribution is -0.384. The van der Waals surface area contributed by atoms with Crippen molar-refractivity contribution in [3.05, 3.63) is 67.5 Å². The summed E-state index contributed by atoms with van der Waals surface area (Å²) in [5.41, 5.74) is 8.35. The minimum Gasteiger partial charge on any atom is -0.347 e. The van der Waals surface area contributed by atoms with E-state index in [-0.39, 0.29) is 17.1 Å². The standard InChI is InChI=1S/C20H17N7O4/c21-4-1-5-26-9-12(11-3-2-10(27(30)31)6-17(11)26)18-19(28)23-14-8-16-15(7-13(14)22-18)24-20(29)25-16/h2-3,6-9H,1,4-5,21H2,(H,23,28)(H2,24,25,29). The average molecular weight is 419 g/mol. The van der Waals surface area contributed by atoms with Crippen molar-refractivity contribution in [2.24, 2.45) is 5.73 Å². The lowest BCUT2D eigenvalue weighted by Gasteiger charge is -2.03. The van der Waals surface area contributed by atoms with Gasteiger partial charge in [0.1, 0.15) is 5.69 Å². The molecule has 11 heteroatoms. The van der Waals surface area contributed by atoms with Gasteiger partial charge in [-0.15, -0.1) is 0 Å². The number of hydrogen-bond acceptors (Lipinski definition) is 6. The Labute approximate surface area is 172 Å². The number of nitro benzene ring substituents is 1. The molecule has 0 fully saturated rings. The number of benzene rings is 2. The summed E-state index contributed by atoms with van der Waals surface area (Å²) in [4.78, 5) is 47.9. The van der Waals surface area contributed by atoms with Crippen LogP contribution in [0.1, 0.15) is 6.42 Å². The highest BCUT2D eigenvalue weighted by Crippen LogP contribution is 2.31. The Morgan fingerprint density at radius 3 is 2.58 bits per heavy atom. The molecule has 156 valence electrons. The minimum atomic E-state index is -0.455. The molecule has 0 radical (unpaired) electrons. The highest BCUT2D eigenvalue weighted by molar-refractivity contribution is 5.98. The van der Waals surface area contributed by atoms with Crippen molar-refractivity contribution < 1.29 is 4.92 Å². The van der Waals surface area contributed by atoms with Crippen molar-refractivity contribution >= 4 is 38.7 Å². The van der Waals surface area contributed by atoms with Gasteiger partial charge < -0.3 is 25.3 Å². The van der Waals surface area contributed by atoms with Gasteiger partial charge in [-0.25, -0.2) is 9.78 Å². The lowest BCUT2D eigenvalue weighted by Crippen LogP contribution is -2.11. The number of aromatic nitrogens is 5. The van der Waals surface area contributed by atoms with Crippen molar-refractivity contribution in [3.63, 3.8) is 0 Å². The summed E-state index contributed by atoms with van der Waals surface area (Å²) in [5, 5.41) is 11.9. The van der Waals surface area contributed by atoms with Crippen molar-refractivity contribution in [1.82, 2.24) is 24.5 Å². The van der Waals surface area contributed by atoms with Gasteiger partial charge in [-0.2, -0.15) is 0 Å². The SMILES string of the molecule is NCCCn1cc(-c2nc3cc4[nH]c(=O)[nH]c4cc3[nH]c2=O)c2ccc([N+](=O)[O-])cc21. The molecule has 0 saturated heterocycles. The maximum Gasteiger partial charge on any atom is 0.323 e. The van der Waals surface area contributed by atoms with Crippen molar-refractivity contribution in [2.75, 3.05) is 6.54 Å². The molecule has 5 N–H and O–H groups in total. The van der Waals surface area contributed by atoms with Crippen LogP contribution in [0.25, 0.3) is 44.2 Å². The molecule has 3 aromatic heterocycles. The number of fused-ring (bicyclic) bond motifs is 3. The smallest absolute Gasteiger partial charge is 0.323 e. The second-order valence-corrected chi connectivity index (χ2v) is 7.25. The molecule has 0 bridgehead atoms. The first-order valence-corrected chi connectivity index (χ1v) is 9.58. The fourth-order valence-corrected chi connectivity index (χ4v) is 3.83. The summed E-state index contributed by atoms with van der Waals surface area (Å²) in [6.07, 6.45) is 2.44. The molecule has 5 rings (SSSR count). The van der Waals surface area contributed by atoms with Gasteiger partial charge in [-0.3, -0.25) is 14.9 Å². The minimum absolute atomic E-state index is 0.0367. The Balaban J connectivity index is 1.76. The summed E-state index contributed by atoms with van der Waals surface area (Å²) in [5.74, 6) is 0. The zero-order valence-corrected chi connectivity index (χ0v) is 16.1. The van der Waals surface area contributed by atoms with E-state index in [0.717, 1.165) is 0 Å². The van der Waals surface area contributed by atoms with Crippen LogP contribution in [0.2, 0.25) is 0 Å². The molecule has 0 amide bonds. The van der Waals surface area contributed by atoms with Gasteiger partial charge in [0.25, 0.3) is 11.2 Å². The fraction of sp³-hybridized carbons (Fsp3) is 0.150. The second-order valence-electron chi connectivity index (χ2n) is 7.25. The summed E-state index contributed by atoms with van der Waals surface area (Å²) in [6, 6.07) is 7.84. The normalized spacial score (nSPS) is 11.6. The lowest BCUT2D eigenvalue weighted by atomic mass is 10.1. The van der Waals surface area contributed by atoms with Gasteiger partial charge in [0, 0.05) is 35.8 Å². The van der Waals surface area contributed by atoms with E-state index < -0.39 is 10.5 Å². The Morgan fingerprint density at radius 1 is 1.06 bits per heavy atom. The van der Waals surface area contributed by atoms with E-state index in [1.165, 1.54) is 12.1 Å². The van der Waals surface area contributed by atoms with Gasteiger partial charge in [0.15, 0.2) is 0 Å². The molecule has 11 nitrogen and oxygen atoms in total. The number of hydrogen-bond donors (Lipinski definition) is 4. The number of H-pyrrole nitrogens is 3. The van der Waals surface area contributed by atoms with E-state index in [0.29, 0.717) is 58.0 Å². The largest absolute Gasteiger partial charge is 0.347 e. The second kappa shape index (κ2) is 6.92. The maximum atomic E-state index is 12.9. The number of aryl methyl sites for hydroxylation is 1. The summed E-state index contributed by atoms with van der Waals surface area (Å²) in [6.45, 7) is 1.01. The van der Waals surface area contributed by atoms with Crippen LogP contribution in [0, 0.1) is 10.1 Å². The number of rotatable bonds is 5. The van der Waals surface area contributed by atoms with E-state index in [2.05, 4.69) is 19.9 Å². The van der Waals surface area contributed by atoms with Crippen LogP contribution in [0.5, 0.6) is 0 Å². The van der Waals surface area contributed by atoms with Crippen LogP contribution in [0.4, 0.5) is 5.69 Å². The Bertz CT molecular complexity index is 1610. The third-order valence-corrected chi connectivity index (χ3v) is 5.26. The van der Waals surface area contributed by atoms with Gasteiger partial charge in [0.2, 0.25) is 0 Å². The number of non-ortho nitro benzene ring substituents is 1. The highest BCUT2D eigenvalue weighted by atomic mass is 16.6. The molecule has 0 aliphatic heterocycles. The number of aromatic amines is 3. The molecule has 31 heavy (non-hydrogen) atoms. The van der Waals surface area contributed by atoms with Crippen molar-refractivity contribution in [2.45, 2.75) is 13.0 Å². The van der Waals surface area contributed by atoms with E-state index in [1.54, 1.807) is 24.4 Å². The predicted octanol–water partition coefficient (Wildman–Crippen LogP) is 1.97. The monoisotopic (exact) mass is 419 g/mol. The number of nitrogens with two attached hydrogens (primary N) is 1. The Hall–Kier alpha value is -4.25. The van der Waals surface area contributed by atoms with Gasteiger partial charge in [-0.05, 0) is 31.2 Å². The predicted molar refractivity (Wildman–Crippen MR) is 116 cm³/mol. The van der Waals surface area contributed by atoms with Crippen molar-refractivity contribution in [1.29, 1.82) is 0 Å². The van der Waals surface area contributed by atoms with Gasteiger partial charge in [-0.1, -0.05) is 0 Å². The van der Waals surface area contributed by atoms with E-state index >= 15 is 0 Å². The molecule has 0 aliphatic carbocycles. The van der Waals surface area contributed by atoms with E-state index in [1.807, 2.05) is 4.57 Å². The first-order valence-electron chi connectivity index (χ1n) is 9.58. The van der Waals surface area contributed by atoms with E-state index in [9.17, 15) is 19.7 Å². The fourth-order valence-electron chi connectivity index (χ4n) is 3.83. The van der Waals surface area contributed by atoms with Crippen LogP contribution < -0.4 is 17.0 Å². The van der Waals surface area contributed by atoms with Crippen molar-refractivity contribution in [3.8, 4) is 11.3 Å². The van der Waals surface area contributed by atoms with Crippen LogP contribution in [0.15, 0.2) is 46.1 Å². The first kappa shape index (κ1) is 18.8. The highest BCUT2D eigenvalue weighted by Gasteiger charge is 2.18. The quantitative estimate of drug-likeness (QED) is 0.251. The topological polar surface area (TPSA) is 168 Å². The third-order valence-electron chi connectivity index (χ3n) is 5.26. The van der Waals surface area contributed by atoms with E-state index in [4.69, 9.17) is 5.73 Å². The van der Waals surface area contributed by atoms with Gasteiger partial charge >= 0.3 is 5.69 Å². The molecule has 0 saturated carbocycles. The number of nitrogens with one attached hydrogen (secondary N) is 3. The third kappa shape index (κ3) is 3.07.